The molecular weight excluding hydrogens is 815 g/mol. The molecule has 7 rings (SSSR count). The number of anilines is 1. The lowest BCUT2D eigenvalue weighted by molar-refractivity contribution is -0.152. The number of likely N-dealkylation sites (N-methyl/N-ethyl adjacent to an activating group) is 1. The van der Waals surface area contributed by atoms with Gasteiger partial charge in [-0.2, -0.15) is 0 Å². The first-order valence-corrected chi connectivity index (χ1v) is 22.7. The molecule has 1 aromatic heterocycles. The van der Waals surface area contributed by atoms with E-state index in [1.54, 1.807) is 13.1 Å². The van der Waals surface area contributed by atoms with Crippen molar-refractivity contribution in [3.05, 3.63) is 36.5 Å². The fourth-order valence-electron chi connectivity index (χ4n) is 8.59. The van der Waals surface area contributed by atoms with Crippen LogP contribution in [0.1, 0.15) is 92.9 Å². The molecule has 4 heterocycles. The Kier molecular flexibility index (Phi) is 11.8. The molecule has 3 fully saturated rings. The fourth-order valence-corrected chi connectivity index (χ4v) is 9.90. The van der Waals surface area contributed by atoms with Crippen LogP contribution in [-0.2, 0) is 29.1 Å². The maximum Gasteiger partial charge on any atom is 0.408 e. The van der Waals surface area contributed by atoms with Crippen LogP contribution in [-0.4, -0.2) is 109 Å². The van der Waals surface area contributed by atoms with Crippen molar-refractivity contribution < 1.29 is 50.6 Å². The molecule has 1 aromatic carbocycles. The predicted molar refractivity (Wildman–Crippen MR) is 223 cm³/mol. The van der Waals surface area contributed by atoms with Gasteiger partial charge in [0.25, 0.3) is 11.8 Å². The number of hydrogen-bond acceptors (Lipinski definition) is 11. The van der Waals surface area contributed by atoms with Gasteiger partial charge in [-0.25, -0.2) is 27.0 Å². The molecule has 3 aliphatic heterocycles. The molecule has 4 amide bonds. The standard InChI is InChI=1S/C43H58F2N6O9S/c1-8-26-21-25(2)11-9-10-12-27-23-43(27,38(54)49-61(56,57)41(5)16-17-41)48-35(52)32-22-28(24-51(32)37(53)33(26)47-39(55)60-40(3,4)42(6,44)45)59-36-30-13-14-31-34(29(30)15-18-46-36)58-20-19-50(31)7/h10,12-15,18,25-28,32-33H,8-9,11,16-17,19-24H2,1-7H3,(H,47,55)(H,48,52)(H,49,54). The van der Waals surface area contributed by atoms with Crippen molar-refractivity contribution in [2.45, 2.75) is 133 Å². The summed E-state index contributed by atoms with van der Waals surface area (Å²) in [5.74, 6) is -5.74. The minimum Gasteiger partial charge on any atom is -0.489 e. The number of sulfonamides is 1. The van der Waals surface area contributed by atoms with Gasteiger partial charge in [0.1, 0.15) is 30.3 Å². The molecule has 3 N–H and O–H groups in total. The molecule has 7 atom stereocenters. The highest BCUT2D eigenvalue weighted by atomic mass is 32.2. The van der Waals surface area contributed by atoms with E-state index in [0.29, 0.717) is 69.7 Å². The molecule has 334 valence electrons. The highest BCUT2D eigenvalue weighted by molar-refractivity contribution is 7.91. The number of amides is 4. The quantitative estimate of drug-likeness (QED) is 0.281. The second-order valence-electron chi connectivity index (χ2n) is 18.5. The van der Waals surface area contributed by atoms with Gasteiger partial charge >= 0.3 is 6.09 Å². The lowest BCUT2D eigenvalue weighted by Gasteiger charge is -2.35. The van der Waals surface area contributed by atoms with Gasteiger partial charge < -0.3 is 34.6 Å². The number of rotatable bonds is 9. The Balaban J connectivity index is 1.24. The number of carbonyl (C=O) groups excluding carboxylic acids is 4. The third kappa shape index (κ3) is 8.70. The van der Waals surface area contributed by atoms with Crippen LogP contribution in [0.4, 0.5) is 19.3 Å². The number of hydrogen-bond donors (Lipinski definition) is 3. The van der Waals surface area contributed by atoms with E-state index < -0.39 is 85.7 Å². The van der Waals surface area contributed by atoms with Crippen molar-refractivity contribution in [1.82, 2.24) is 25.2 Å². The number of alkyl halides is 2. The average Bonchev–Trinajstić information content (AvgIpc) is 4.07. The van der Waals surface area contributed by atoms with E-state index in [1.807, 2.05) is 51.2 Å². The molecule has 0 radical (unpaired) electrons. The number of nitrogens with one attached hydrogen (secondary N) is 3. The van der Waals surface area contributed by atoms with E-state index in [9.17, 15) is 31.6 Å². The summed E-state index contributed by atoms with van der Waals surface area (Å²) in [6.07, 6.45) is 6.29. The summed E-state index contributed by atoms with van der Waals surface area (Å²) in [6.45, 7) is 9.28. The van der Waals surface area contributed by atoms with Crippen LogP contribution in [0.3, 0.4) is 0 Å². The second-order valence-corrected chi connectivity index (χ2v) is 20.7. The number of allylic oxidation sites excluding steroid dienone is 1. The van der Waals surface area contributed by atoms with Crippen molar-refractivity contribution >= 4 is 50.3 Å². The van der Waals surface area contributed by atoms with E-state index in [2.05, 4.69) is 25.2 Å². The van der Waals surface area contributed by atoms with E-state index in [-0.39, 0.29) is 31.2 Å². The Labute approximate surface area is 355 Å². The summed E-state index contributed by atoms with van der Waals surface area (Å²) in [5, 5.41) is 6.88. The van der Waals surface area contributed by atoms with Gasteiger partial charge in [0.05, 0.1) is 23.5 Å². The molecule has 1 saturated heterocycles. The van der Waals surface area contributed by atoms with Gasteiger partial charge in [-0.1, -0.05) is 32.4 Å². The van der Waals surface area contributed by atoms with Gasteiger partial charge in [0, 0.05) is 43.3 Å². The third-order valence-electron chi connectivity index (χ3n) is 13.5. The normalized spacial score (nSPS) is 29.1. The molecule has 15 nitrogen and oxygen atoms in total. The van der Waals surface area contributed by atoms with Crippen LogP contribution in [0.2, 0.25) is 0 Å². The molecule has 2 saturated carbocycles. The Bertz CT molecular complexity index is 2210. The summed E-state index contributed by atoms with van der Waals surface area (Å²) < 4.78 is 74.6. The number of halogens is 2. The molecule has 0 spiro atoms. The minimum atomic E-state index is -4.06. The summed E-state index contributed by atoms with van der Waals surface area (Å²) in [5.41, 5.74) is -2.93. The highest BCUT2D eigenvalue weighted by Gasteiger charge is 2.63. The van der Waals surface area contributed by atoms with E-state index >= 15 is 4.79 Å². The minimum absolute atomic E-state index is 0.0260. The number of fused-ring (bicyclic) bond motifs is 5. The van der Waals surface area contributed by atoms with Crippen LogP contribution in [0, 0.1) is 17.8 Å². The molecular formula is C43H58F2N6O9S. The van der Waals surface area contributed by atoms with Crippen molar-refractivity contribution in [3.8, 4) is 11.6 Å². The van der Waals surface area contributed by atoms with Gasteiger partial charge in [0.15, 0.2) is 11.4 Å². The zero-order chi connectivity index (χ0) is 44.3. The predicted octanol–water partition coefficient (Wildman–Crippen LogP) is 5.22. The van der Waals surface area contributed by atoms with E-state index in [0.717, 1.165) is 24.9 Å². The first kappa shape index (κ1) is 44.3. The summed E-state index contributed by atoms with van der Waals surface area (Å²) in [6, 6.07) is 3.03. The number of benzene rings is 1. The van der Waals surface area contributed by atoms with Crippen molar-refractivity contribution in [2.24, 2.45) is 17.8 Å². The van der Waals surface area contributed by atoms with Crippen molar-refractivity contribution in [1.29, 1.82) is 0 Å². The molecule has 61 heavy (non-hydrogen) atoms. The molecule has 0 bridgehead atoms. The zero-order valence-electron chi connectivity index (χ0n) is 35.9. The first-order valence-electron chi connectivity index (χ1n) is 21.3. The summed E-state index contributed by atoms with van der Waals surface area (Å²) in [7, 11) is -2.09. The fraction of sp³-hybridized carbons (Fsp3) is 0.651. The molecule has 2 aromatic rings. The molecule has 18 heteroatoms. The van der Waals surface area contributed by atoms with Crippen LogP contribution >= 0.6 is 0 Å². The zero-order valence-corrected chi connectivity index (χ0v) is 36.7. The summed E-state index contributed by atoms with van der Waals surface area (Å²) in [4.78, 5) is 65.1. The van der Waals surface area contributed by atoms with Crippen LogP contribution < -0.4 is 29.7 Å². The van der Waals surface area contributed by atoms with E-state index in [4.69, 9.17) is 14.2 Å². The smallest absolute Gasteiger partial charge is 0.408 e. The largest absolute Gasteiger partial charge is 0.489 e. The van der Waals surface area contributed by atoms with Gasteiger partial charge in [-0.3, -0.25) is 19.1 Å². The average molecular weight is 873 g/mol. The number of aromatic nitrogens is 1. The topological polar surface area (TPSA) is 186 Å². The second kappa shape index (κ2) is 16.2. The Hall–Kier alpha value is -4.74. The number of nitrogens with zero attached hydrogens (tertiary/aromatic N) is 3. The Morgan fingerprint density at radius 3 is 2.54 bits per heavy atom. The maximum absolute atomic E-state index is 15.1. The highest BCUT2D eigenvalue weighted by Crippen LogP contribution is 2.48. The number of carbonyl (C=O) groups is 4. The molecule has 5 aliphatic rings. The maximum atomic E-state index is 15.1. The van der Waals surface area contributed by atoms with E-state index in [1.165, 1.54) is 4.90 Å². The Morgan fingerprint density at radius 1 is 1.11 bits per heavy atom. The number of alkyl carbamates (subject to hydrolysis) is 1. The van der Waals surface area contributed by atoms with Gasteiger partial charge in [-0.05, 0) is 89.3 Å². The van der Waals surface area contributed by atoms with Crippen LogP contribution in [0.25, 0.3) is 10.8 Å². The lowest BCUT2D eigenvalue weighted by Crippen LogP contribution is -2.60. The lowest BCUT2D eigenvalue weighted by atomic mass is 9.85. The van der Waals surface area contributed by atoms with Crippen molar-refractivity contribution in [3.63, 3.8) is 0 Å². The van der Waals surface area contributed by atoms with Crippen LogP contribution in [0.5, 0.6) is 11.6 Å². The summed E-state index contributed by atoms with van der Waals surface area (Å²) >= 11 is 0. The number of ether oxygens (including phenoxy) is 3. The SMILES string of the molecule is CCC1CC(C)CCC=CC2CC2(C(=O)NS(=O)(=O)C2(C)CC2)NC(=O)C2CC(Oc3nccc4c5c(ccc34)N(C)CCO5)CN2C(=O)C1NC(=O)OC(C)(C)C(C)(F)F. The number of pyridine rings is 1. The third-order valence-corrected chi connectivity index (χ3v) is 15.6. The van der Waals surface area contributed by atoms with Crippen LogP contribution in [0.15, 0.2) is 36.5 Å². The Morgan fingerprint density at radius 2 is 1.85 bits per heavy atom. The molecule has 2 aliphatic carbocycles. The monoisotopic (exact) mass is 872 g/mol. The van der Waals surface area contributed by atoms with Gasteiger partial charge in [0.2, 0.25) is 27.7 Å². The van der Waals surface area contributed by atoms with Crippen molar-refractivity contribution in [2.75, 3.05) is 31.6 Å². The van der Waals surface area contributed by atoms with Gasteiger partial charge in [-0.15, -0.1) is 0 Å². The first-order chi connectivity index (χ1) is 28.6. The molecule has 7 unspecified atom stereocenters.